The Morgan fingerprint density at radius 1 is 1.11 bits per heavy atom. The molecule has 36 heavy (non-hydrogen) atoms. The summed E-state index contributed by atoms with van der Waals surface area (Å²) in [6.07, 6.45) is 0. The van der Waals surface area contributed by atoms with E-state index in [0.29, 0.717) is 16.9 Å². The fourth-order valence-corrected chi connectivity index (χ4v) is 5.01. The number of ether oxygens (including phenoxy) is 1. The van der Waals surface area contributed by atoms with Crippen LogP contribution in [-0.2, 0) is 16.1 Å². The van der Waals surface area contributed by atoms with Crippen LogP contribution in [-0.4, -0.2) is 33.8 Å². The summed E-state index contributed by atoms with van der Waals surface area (Å²) < 4.78 is 18.7. The highest BCUT2D eigenvalue weighted by atomic mass is 35.5. The third-order valence-corrected chi connectivity index (χ3v) is 6.74. The number of nitrogens with zero attached hydrogens (tertiary/aromatic N) is 1. The Labute approximate surface area is 211 Å². The number of Topliss-reactive ketones (excluding diaryl/α,β-unsaturated/α-hetero) is 1. The van der Waals surface area contributed by atoms with Crippen LogP contribution in [0.5, 0.6) is 5.75 Å². The zero-order valence-electron chi connectivity index (χ0n) is 19.5. The van der Waals surface area contributed by atoms with E-state index in [-0.39, 0.29) is 28.5 Å². The number of likely N-dealkylation sites (tertiary alicyclic amines) is 1. The minimum Gasteiger partial charge on any atom is -0.507 e. The first-order chi connectivity index (χ1) is 17.3. The van der Waals surface area contributed by atoms with Crippen molar-refractivity contribution >= 4 is 40.0 Å². The van der Waals surface area contributed by atoms with Crippen LogP contribution in [0.4, 0.5) is 4.39 Å². The second-order valence-corrected chi connectivity index (χ2v) is 9.02. The SMILES string of the molecule is COc1ccc(/C(O)=C2\C(=O)C(=O)N(Cc3ccc(F)cc3)C2c2c(C)[nH]c3ccccc23)cc1Cl. The smallest absolute Gasteiger partial charge is 0.295 e. The molecule has 1 saturated heterocycles. The lowest BCUT2D eigenvalue weighted by atomic mass is 9.93. The van der Waals surface area contributed by atoms with Crippen LogP contribution in [0, 0.1) is 12.7 Å². The molecule has 6 nitrogen and oxygen atoms in total. The van der Waals surface area contributed by atoms with E-state index in [1.54, 1.807) is 24.3 Å². The number of halogens is 2. The van der Waals surface area contributed by atoms with Crippen molar-refractivity contribution in [3.8, 4) is 5.75 Å². The molecule has 1 aliphatic heterocycles. The average Bonchev–Trinajstić information content (AvgIpc) is 3.32. The predicted molar refractivity (Wildman–Crippen MR) is 135 cm³/mol. The Morgan fingerprint density at radius 2 is 1.83 bits per heavy atom. The summed E-state index contributed by atoms with van der Waals surface area (Å²) in [6.45, 7) is 1.91. The van der Waals surface area contributed by atoms with Gasteiger partial charge in [-0.1, -0.05) is 41.9 Å². The number of aromatic amines is 1. The normalized spacial score (nSPS) is 17.2. The lowest BCUT2D eigenvalue weighted by Gasteiger charge is -2.26. The molecule has 1 fully saturated rings. The van der Waals surface area contributed by atoms with Crippen molar-refractivity contribution in [2.75, 3.05) is 7.11 Å². The minimum atomic E-state index is -0.882. The van der Waals surface area contributed by atoms with E-state index in [9.17, 15) is 19.1 Å². The van der Waals surface area contributed by atoms with Crippen molar-refractivity contribution in [1.29, 1.82) is 0 Å². The molecule has 8 heteroatoms. The summed E-state index contributed by atoms with van der Waals surface area (Å²) in [5.41, 5.74) is 3.18. The molecular weight excluding hydrogens is 483 g/mol. The number of para-hydroxylation sites is 1. The van der Waals surface area contributed by atoms with Crippen LogP contribution in [0.15, 0.2) is 72.3 Å². The number of rotatable bonds is 5. The van der Waals surface area contributed by atoms with Crippen LogP contribution in [0.3, 0.4) is 0 Å². The molecule has 1 aliphatic rings. The number of ketones is 1. The standard InChI is InChI=1S/C28H22ClFN2O4/c1-15-23(19-5-3-4-6-21(19)31-15)25-24(26(33)17-9-12-22(36-2)20(29)13-17)27(34)28(35)32(25)14-16-7-10-18(30)11-8-16/h3-13,25,31,33H,14H2,1-2H3/b26-24+. The lowest BCUT2D eigenvalue weighted by Crippen LogP contribution is -2.29. The molecule has 4 aromatic rings. The van der Waals surface area contributed by atoms with Gasteiger partial charge in [-0.25, -0.2) is 4.39 Å². The van der Waals surface area contributed by atoms with Gasteiger partial charge in [0, 0.05) is 34.3 Å². The molecule has 2 N–H and O–H groups in total. The molecular formula is C28H22ClFN2O4. The molecule has 2 heterocycles. The van der Waals surface area contributed by atoms with Gasteiger partial charge in [0.25, 0.3) is 11.7 Å². The molecule has 182 valence electrons. The molecule has 0 saturated carbocycles. The number of hydrogen-bond donors (Lipinski definition) is 2. The molecule has 1 aromatic heterocycles. The predicted octanol–water partition coefficient (Wildman–Crippen LogP) is 5.90. The molecule has 1 unspecified atom stereocenters. The lowest BCUT2D eigenvalue weighted by molar-refractivity contribution is -0.140. The van der Waals surface area contributed by atoms with E-state index in [2.05, 4.69) is 4.98 Å². The number of aliphatic hydroxyl groups is 1. The largest absolute Gasteiger partial charge is 0.507 e. The zero-order chi connectivity index (χ0) is 25.6. The number of carbonyl (C=O) groups excluding carboxylic acids is 2. The van der Waals surface area contributed by atoms with Crippen molar-refractivity contribution in [1.82, 2.24) is 9.88 Å². The Morgan fingerprint density at radius 3 is 2.53 bits per heavy atom. The Bertz CT molecular complexity index is 1540. The fourth-order valence-electron chi connectivity index (χ4n) is 4.75. The number of nitrogens with one attached hydrogen (secondary N) is 1. The third-order valence-electron chi connectivity index (χ3n) is 6.45. The third kappa shape index (κ3) is 3.91. The Hall–Kier alpha value is -4.10. The second-order valence-electron chi connectivity index (χ2n) is 8.61. The number of H-pyrrole nitrogens is 1. The van der Waals surface area contributed by atoms with Gasteiger partial charge >= 0.3 is 0 Å². The number of aryl methyl sites for hydroxylation is 1. The molecule has 0 bridgehead atoms. The number of aliphatic hydroxyl groups excluding tert-OH is 1. The first-order valence-electron chi connectivity index (χ1n) is 11.2. The van der Waals surface area contributed by atoms with Gasteiger partial charge in [0.1, 0.15) is 17.3 Å². The Balaban J connectivity index is 1.73. The summed E-state index contributed by atoms with van der Waals surface area (Å²) in [6, 6.07) is 17.1. The van der Waals surface area contributed by atoms with E-state index < -0.39 is 23.5 Å². The summed E-state index contributed by atoms with van der Waals surface area (Å²) in [4.78, 5) is 31.5. The summed E-state index contributed by atoms with van der Waals surface area (Å²) >= 11 is 6.28. The molecule has 5 rings (SSSR count). The number of methoxy groups -OCH3 is 1. The number of hydrogen-bond acceptors (Lipinski definition) is 4. The van der Waals surface area contributed by atoms with E-state index in [1.807, 2.05) is 31.2 Å². The average molecular weight is 505 g/mol. The summed E-state index contributed by atoms with van der Waals surface area (Å²) in [5, 5.41) is 12.4. The molecule has 1 amide bonds. The van der Waals surface area contributed by atoms with E-state index >= 15 is 0 Å². The molecule has 0 radical (unpaired) electrons. The topological polar surface area (TPSA) is 82.6 Å². The van der Waals surface area contributed by atoms with Gasteiger partial charge in [0.15, 0.2) is 0 Å². The summed E-state index contributed by atoms with van der Waals surface area (Å²) in [7, 11) is 1.47. The van der Waals surface area contributed by atoms with Gasteiger partial charge in [0.2, 0.25) is 0 Å². The molecule has 0 aliphatic carbocycles. The molecule has 1 atom stereocenters. The minimum absolute atomic E-state index is 0.0452. The van der Waals surface area contributed by atoms with Crippen LogP contribution in [0.25, 0.3) is 16.7 Å². The monoisotopic (exact) mass is 504 g/mol. The molecule has 0 spiro atoms. The van der Waals surface area contributed by atoms with Crippen LogP contribution in [0.1, 0.15) is 28.4 Å². The maximum Gasteiger partial charge on any atom is 0.295 e. The fraction of sp³-hybridized carbons (Fsp3) is 0.143. The van der Waals surface area contributed by atoms with Crippen molar-refractivity contribution in [2.45, 2.75) is 19.5 Å². The van der Waals surface area contributed by atoms with Crippen molar-refractivity contribution in [3.63, 3.8) is 0 Å². The van der Waals surface area contributed by atoms with Gasteiger partial charge in [-0.15, -0.1) is 0 Å². The van der Waals surface area contributed by atoms with Gasteiger partial charge in [0.05, 0.1) is 23.7 Å². The number of carbonyl (C=O) groups is 2. The van der Waals surface area contributed by atoms with Crippen molar-refractivity contribution < 1.29 is 23.8 Å². The number of amides is 1. The highest BCUT2D eigenvalue weighted by Gasteiger charge is 2.47. The first kappa shape index (κ1) is 23.6. The van der Waals surface area contributed by atoms with Gasteiger partial charge in [-0.3, -0.25) is 9.59 Å². The quantitative estimate of drug-likeness (QED) is 0.201. The number of aromatic nitrogens is 1. The van der Waals surface area contributed by atoms with Crippen LogP contribution >= 0.6 is 11.6 Å². The highest BCUT2D eigenvalue weighted by Crippen LogP contribution is 2.44. The first-order valence-corrected chi connectivity index (χ1v) is 11.6. The second kappa shape index (κ2) is 9.17. The number of fused-ring (bicyclic) bond motifs is 1. The maximum atomic E-state index is 13.5. The zero-order valence-corrected chi connectivity index (χ0v) is 20.3. The van der Waals surface area contributed by atoms with Crippen molar-refractivity contribution in [3.05, 3.63) is 106 Å². The van der Waals surface area contributed by atoms with E-state index in [4.69, 9.17) is 16.3 Å². The van der Waals surface area contributed by atoms with Crippen LogP contribution < -0.4 is 4.74 Å². The van der Waals surface area contributed by atoms with Gasteiger partial charge < -0.3 is 19.7 Å². The maximum absolute atomic E-state index is 13.5. The van der Waals surface area contributed by atoms with E-state index in [0.717, 1.165) is 16.6 Å². The van der Waals surface area contributed by atoms with Crippen LogP contribution in [0.2, 0.25) is 5.02 Å². The highest BCUT2D eigenvalue weighted by molar-refractivity contribution is 6.46. The molecule has 3 aromatic carbocycles. The summed E-state index contributed by atoms with van der Waals surface area (Å²) in [5.74, 6) is -1.89. The number of benzene rings is 3. The Kier molecular flexibility index (Phi) is 6.02. The van der Waals surface area contributed by atoms with Gasteiger partial charge in [-0.05, 0) is 48.9 Å². The van der Waals surface area contributed by atoms with Crippen molar-refractivity contribution in [2.24, 2.45) is 0 Å². The van der Waals surface area contributed by atoms with E-state index in [1.165, 1.54) is 30.2 Å². The van der Waals surface area contributed by atoms with Gasteiger partial charge in [-0.2, -0.15) is 0 Å².